The number of rotatable bonds is 5. The SMILES string of the molecule is COc1ccccc1-n1c(O)c(C=NN2CCCC[C@@H]2c2cccnc2)c(=O)[nH]c1=S. The number of H-pyrrole nitrogens is 1. The molecule has 0 radical (unpaired) electrons. The average Bonchev–Trinajstić information content (AvgIpc) is 2.80. The van der Waals surface area contributed by atoms with E-state index >= 15 is 0 Å². The van der Waals surface area contributed by atoms with E-state index in [0.29, 0.717) is 11.4 Å². The van der Waals surface area contributed by atoms with Crippen molar-refractivity contribution >= 4 is 18.4 Å². The number of para-hydroxylation sites is 2. The first-order chi connectivity index (χ1) is 15.1. The number of aromatic amines is 1. The quantitative estimate of drug-likeness (QED) is 0.468. The Kier molecular flexibility index (Phi) is 6.13. The van der Waals surface area contributed by atoms with Crippen molar-refractivity contribution < 1.29 is 9.84 Å². The van der Waals surface area contributed by atoms with Gasteiger partial charge in [-0.1, -0.05) is 18.2 Å². The molecule has 0 saturated carbocycles. The Morgan fingerprint density at radius 3 is 2.90 bits per heavy atom. The van der Waals surface area contributed by atoms with Crippen LogP contribution in [0.4, 0.5) is 0 Å². The van der Waals surface area contributed by atoms with Crippen LogP contribution < -0.4 is 10.3 Å². The fourth-order valence-electron chi connectivity index (χ4n) is 3.79. The van der Waals surface area contributed by atoms with Gasteiger partial charge in [0.15, 0.2) is 4.77 Å². The summed E-state index contributed by atoms with van der Waals surface area (Å²) in [7, 11) is 1.53. The Morgan fingerprint density at radius 1 is 1.29 bits per heavy atom. The number of benzene rings is 1. The van der Waals surface area contributed by atoms with Gasteiger partial charge in [-0.15, -0.1) is 0 Å². The van der Waals surface area contributed by atoms with Gasteiger partial charge < -0.3 is 9.84 Å². The number of piperidine rings is 1. The summed E-state index contributed by atoms with van der Waals surface area (Å²) >= 11 is 5.30. The van der Waals surface area contributed by atoms with Gasteiger partial charge in [0.25, 0.3) is 5.56 Å². The number of aromatic nitrogens is 3. The average molecular weight is 438 g/mol. The highest BCUT2D eigenvalue weighted by atomic mass is 32.1. The van der Waals surface area contributed by atoms with Crippen molar-refractivity contribution in [2.75, 3.05) is 13.7 Å². The van der Waals surface area contributed by atoms with E-state index in [0.717, 1.165) is 31.4 Å². The van der Waals surface area contributed by atoms with Gasteiger partial charge in [-0.05, 0) is 55.2 Å². The Labute approximate surface area is 184 Å². The second kappa shape index (κ2) is 9.13. The van der Waals surface area contributed by atoms with Crippen LogP contribution in [-0.4, -0.2) is 44.5 Å². The Hall–Kier alpha value is -3.46. The third-order valence-electron chi connectivity index (χ3n) is 5.33. The zero-order chi connectivity index (χ0) is 21.8. The fourth-order valence-corrected chi connectivity index (χ4v) is 4.07. The molecule has 0 bridgehead atoms. The lowest BCUT2D eigenvalue weighted by molar-refractivity contribution is 0.156. The summed E-state index contributed by atoms with van der Waals surface area (Å²) in [6.07, 6.45) is 8.01. The first-order valence-electron chi connectivity index (χ1n) is 10.0. The molecular formula is C22H23N5O3S. The number of pyridine rings is 1. The molecule has 0 aliphatic carbocycles. The molecule has 1 saturated heterocycles. The molecule has 8 nitrogen and oxygen atoms in total. The van der Waals surface area contributed by atoms with Crippen molar-refractivity contribution in [2.45, 2.75) is 25.3 Å². The van der Waals surface area contributed by atoms with Gasteiger partial charge in [0.2, 0.25) is 5.88 Å². The molecule has 1 aliphatic rings. The first-order valence-corrected chi connectivity index (χ1v) is 10.4. The lowest BCUT2D eigenvalue weighted by atomic mass is 9.98. The predicted molar refractivity (Wildman–Crippen MR) is 121 cm³/mol. The van der Waals surface area contributed by atoms with E-state index in [4.69, 9.17) is 17.0 Å². The van der Waals surface area contributed by atoms with Crippen LogP contribution in [-0.2, 0) is 0 Å². The molecule has 160 valence electrons. The number of nitrogens with zero attached hydrogens (tertiary/aromatic N) is 4. The zero-order valence-corrected chi connectivity index (χ0v) is 17.9. The number of ether oxygens (including phenoxy) is 1. The first kappa shape index (κ1) is 20.8. The summed E-state index contributed by atoms with van der Waals surface area (Å²) < 4.78 is 6.81. The predicted octanol–water partition coefficient (Wildman–Crippen LogP) is 3.57. The summed E-state index contributed by atoms with van der Waals surface area (Å²) in [5.74, 6) is 0.216. The van der Waals surface area contributed by atoms with E-state index in [1.807, 2.05) is 29.4 Å². The summed E-state index contributed by atoms with van der Waals surface area (Å²) in [6, 6.07) is 11.1. The minimum atomic E-state index is -0.507. The van der Waals surface area contributed by atoms with Crippen molar-refractivity contribution in [3.63, 3.8) is 0 Å². The smallest absolute Gasteiger partial charge is 0.264 e. The highest BCUT2D eigenvalue weighted by Crippen LogP contribution is 2.31. The molecule has 9 heteroatoms. The standard InChI is InChI=1S/C22H23N5O3S/c1-30-19-10-3-2-9-18(19)27-21(29)16(20(28)25-22(27)31)14-24-26-12-5-4-8-17(26)15-7-6-11-23-13-15/h2-3,6-7,9-11,13-14,17,29H,4-5,8,12H2,1H3,(H,25,28,31)/t17-/m1/s1. The monoisotopic (exact) mass is 437 g/mol. The highest BCUT2D eigenvalue weighted by Gasteiger charge is 2.23. The van der Waals surface area contributed by atoms with Crippen molar-refractivity contribution in [2.24, 2.45) is 5.10 Å². The number of hydrogen-bond acceptors (Lipinski definition) is 7. The number of hydrogen-bond donors (Lipinski definition) is 2. The third-order valence-corrected chi connectivity index (χ3v) is 5.61. The second-order valence-corrected chi connectivity index (χ2v) is 7.60. The number of methoxy groups -OCH3 is 1. The highest BCUT2D eigenvalue weighted by molar-refractivity contribution is 7.71. The van der Waals surface area contributed by atoms with Gasteiger partial charge in [-0.3, -0.25) is 24.3 Å². The van der Waals surface area contributed by atoms with Crippen LogP contribution in [0.2, 0.25) is 0 Å². The number of aromatic hydroxyl groups is 1. The van der Waals surface area contributed by atoms with E-state index in [1.54, 1.807) is 24.4 Å². The van der Waals surface area contributed by atoms with Crippen molar-refractivity contribution in [1.82, 2.24) is 19.5 Å². The van der Waals surface area contributed by atoms with E-state index in [1.165, 1.54) is 17.9 Å². The van der Waals surface area contributed by atoms with E-state index in [-0.39, 0.29) is 22.3 Å². The van der Waals surface area contributed by atoms with Crippen LogP contribution in [0, 0.1) is 4.77 Å². The summed E-state index contributed by atoms with van der Waals surface area (Å²) in [5.41, 5.74) is 1.11. The molecule has 2 aromatic heterocycles. The normalized spacial score (nSPS) is 16.5. The molecule has 1 fully saturated rings. The molecule has 4 rings (SSSR count). The second-order valence-electron chi connectivity index (χ2n) is 7.21. The van der Waals surface area contributed by atoms with Gasteiger partial charge in [-0.2, -0.15) is 5.10 Å². The van der Waals surface area contributed by atoms with Gasteiger partial charge in [0.1, 0.15) is 11.3 Å². The molecule has 3 aromatic rings. The largest absolute Gasteiger partial charge is 0.495 e. The molecule has 1 aliphatic heterocycles. The van der Waals surface area contributed by atoms with Crippen LogP contribution in [0.15, 0.2) is 58.7 Å². The molecule has 3 heterocycles. The van der Waals surface area contributed by atoms with E-state index in [2.05, 4.69) is 15.1 Å². The van der Waals surface area contributed by atoms with Crippen LogP contribution >= 0.6 is 12.2 Å². The molecule has 2 N–H and O–H groups in total. The zero-order valence-electron chi connectivity index (χ0n) is 17.1. The van der Waals surface area contributed by atoms with E-state index < -0.39 is 5.56 Å². The molecule has 1 atom stereocenters. The summed E-state index contributed by atoms with van der Waals surface area (Å²) in [4.78, 5) is 19.4. The minimum Gasteiger partial charge on any atom is -0.495 e. The third kappa shape index (κ3) is 4.22. The number of hydrazone groups is 1. The number of nitrogens with one attached hydrogen (secondary N) is 1. The Bertz CT molecular complexity index is 1210. The Balaban J connectivity index is 1.74. The van der Waals surface area contributed by atoms with Crippen LogP contribution in [0.1, 0.15) is 36.4 Å². The van der Waals surface area contributed by atoms with E-state index in [9.17, 15) is 9.90 Å². The van der Waals surface area contributed by atoms with Crippen LogP contribution in [0.5, 0.6) is 11.6 Å². The van der Waals surface area contributed by atoms with Gasteiger partial charge >= 0.3 is 0 Å². The molecule has 1 aromatic carbocycles. The maximum Gasteiger partial charge on any atom is 0.264 e. The molecule has 31 heavy (non-hydrogen) atoms. The maximum atomic E-state index is 12.6. The van der Waals surface area contributed by atoms with Crippen molar-refractivity contribution in [1.29, 1.82) is 0 Å². The van der Waals surface area contributed by atoms with Gasteiger partial charge in [-0.25, -0.2) is 0 Å². The van der Waals surface area contributed by atoms with Crippen molar-refractivity contribution in [3.8, 4) is 17.3 Å². The fraction of sp³-hybridized carbons (Fsp3) is 0.273. The van der Waals surface area contributed by atoms with Gasteiger partial charge in [0, 0.05) is 18.9 Å². The topological polar surface area (TPSA) is 95.7 Å². The molecule has 0 amide bonds. The summed E-state index contributed by atoms with van der Waals surface area (Å²) in [5, 5.41) is 17.4. The van der Waals surface area contributed by atoms with Crippen LogP contribution in [0.25, 0.3) is 5.69 Å². The maximum absolute atomic E-state index is 12.6. The summed E-state index contributed by atoms with van der Waals surface area (Å²) in [6.45, 7) is 0.750. The molecule has 0 spiro atoms. The lowest BCUT2D eigenvalue weighted by Gasteiger charge is -2.33. The van der Waals surface area contributed by atoms with Crippen molar-refractivity contribution in [3.05, 3.63) is 75.0 Å². The Morgan fingerprint density at radius 2 is 2.13 bits per heavy atom. The molecular weight excluding hydrogens is 414 g/mol. The lowest BCUT2D eigenvalue weighted by Crippen LogP contribution is -2.29. The minimum absolute atomic E-state index is 0.0232. The van der Waals surface area contributed by atoms with Gasteiger partial charge in [0.05, 0.1) is 25.1 Å². The molecule has 0 unspecified atom stereocenters. The van der Waals surface area contributed by atoms with Crippen LogP contribution in [0.3, 0.4) is 0 Å².